The van der Waals surface area contributed by atoms with Gasteiger partial charge in [-0.3, -0.25) is 9.89 Å². The van der Waals surface area contributed by atoms with Crippen molar-refractivity contribution < 1.29 is 0 Å². The van der Waals surface area contributed by atoms with E-state index in [9.17, 15) is 0 Å². The first kappa shape index (κ1) is 19.0. The molecule has 0 radical (unpaired) electrons. The Hall–Kier alpha value is -1.79. The Kier molecular flexibility index (Phi) is 6.38. The van der Waals surface area contributed by atoms with Crippen LogP contribution >= 0.6 is 0 Å². The number of piperazine rings is 2. The van der Waals surface area contributed by atoms with Crippen LogP contribution in [0.5, 0.6) is 0 Å². The van der Waals surface area contributed by atoms with Crippen molar-refractivity contribution in [3.8, 4) is 0 Å². The van der Waals surface area contributed by atoms with Crippen molar-refractivity contribution in [2.75, 3.05) is 78.4 Å². The van der Waals surface area contributed by atoms with Gasteiger partial charge in [0, 0.05) is 71.1 Å². The number of aryl methyl sites for hydroxylation is 1. The van der Waals surface area contributed by atoms with E-state index in [0.29, 0.717) is 6.04 Å². The summed E-state index contributed by atoms with van der Waals surface area (Å²) in [7, 11) is 6.33. The molecule has 26 heavy (non-hydrogen) atoms. The van der Waals surface area contributed by atoms with Crippen LogP contribution in [-0.2, 0) is 0 Å². The minimum absolute atomic E-state index is 0.541. The molecule has 2 heterocycles. The van der Waals surface area contributed by atoms with Gasteiger partial charge in [-0.1, -0.05) is 12.1 Å². The van der Waals surface area contributed by atoms with E-state index in [1.165, 1.54) is 11.3 Å². The second-order valence-corrected chi connectivity index (χ2v) is 7.64. The number of likely N-dealkylation sites (N-methyl/N-ethyl adjacent to an activating group) is 2. The molecule has 3 rings (SSSR count). The van der Waals surface area contributed by atoms with Crippen molar-refractivity contribution in [1.82, 2.24) is 20.0 Å². The summed E-state index contributed by atoms with van der Waals surface area (Å²) in [4.78, 5) is 14.3. The van der Waals surface area contributed by atoms with Crippen LogP contribution in [0.15, 0.2) is 29.3 Å². The molecule has 0 saturated carbocycles. The van der Waals surface area contributed by atoms with E-state index < -0.39 is 0 Å². The third kappa shape index (κ3) is 4.68. The van der Waals surface area contributed by atoms with Crippen molar-refractivity contribution >= 4 is 11.6 Å². The molecule has 2 fully saturated rings. The molecule has 6 nitrogen and oxygen atoms in total. The fourth-order valence-electron chi connectivity index (χ4n) is 3.86. The predicted octanol–water partition coefficient (Wildman–Crippen LogP) is 0.938. The van der Waals surface area contributed by atoms with Gasteiger partial charge in [0.25, 0.3) is 0 Å². The summed E-state index contributed by atoms with van der Waals surface area (Å²) >= 11 is 0. The predicted molar refractivity (Wildman–Crippen MR) is 110 cm³/mol. The molecule has 2 saturated heterocycles. The number of benzene rings is 1. The molecular formula is C20H34N6. The first-order valence-corrected chi connectivity index (χ1v) is 9.73. The maximum atomic E-state index is 4.53. The summed E-state index contributed by atoms with van der Waals surface area (Å²) in [6.45, 7) is 10.6. The fourth-order valence-corrected chi connectivity index (χ4v) is 3.86. The number of guanidine groups is 1. The molecule has 0 aromatic heterocycles. The third-order valence-electron chi connectivity index (χ3n) is 5.63. The Balaban J connectivity index is 1.50. The second kappa shape index (κ2) is 8.73. The molecule has 0 aliphatic carbocycles. The molecule has 1 aromatic rings. The maximum Gasteiger partial charge on any atom is 0.193 e. The molecule has 2 aliphatic heterocycles. The molecule has 1 atom stereocenters. The molecule has 0 spiro atoms. The smallest absolute Gasteiger partial charge is 0.193 e. The Labute approximate surface area is 158 Å². The van der Waals surface area contributed by atoms with E-state index in [1.807, 2.05) is 7.05 Å². The van der Waals surface area contributed by atoms with E-state index >= 15 is 0 Å². The van der Waals surface area contributed by atoms with Crippen LogP contribution in [-0.4, -0.2) is 100 Å². The highest BCUT2D eigenvalue weighted by atomic mass is 15.4. The van der Waals surface area contributed by atoms with Crippen molar-refractivity contribution in [2.45, 2.75) is 13.0 Å². The highest BCUT2D eigenvalue weighted by Crippen LogP contribution is 2.17. The lowest BCUT2D eigenvalue weighted by Crippen LogP contribution is -2.57. The summed E-state index contributed by atoms with van der Waals surface area (Å²) in [6, 6.07) is 9.34. The molecule has 0 bridgehead atoms. The van der Waals surface area contributed by atoms with Gasteiger partial charge in [-0.15, -0.1) is 0 Å². The monoisotopic (exact) mass is 358 g/mol. The van der Waals surface area contributed by atoms with Crippen LogP contribution < -0.4 is 10.2 Å². The number of hydrogen-bond donors (Lipinski definition) is 1. The van der Waals surface area contributed by atoms with Crippen LogP contribution in [0, 0.1) is 6.92 Å². The number of aliphatic imine (C=N–C) groups is 1. The van der Waals surface area contributed by atoms with Gasteiger partial charge < -0.3 is 20.0 Å². The quantitative estimate of drug-likeness (QED) is 0.643. The van der Waals surface area contributed by atoms with Crippen LogP contribution in [0.3, 0.4) is 0 Å². The largest absolute Gasteiger partial charge is 0.368 e. The van der Waals surface area contributed by atoms with Gasteiger partial charge in [0.15, 0.2) is 5.96 Å². The van der Waals surface area contributed by atoms with Crippen molar-refractivity contribution in [1.29, 1.82) is 0 Å². The van der Waals surface area contributed by atoms with Crippen molar-refractivity contribution in [3.63, 3.8) is 0 Å². The number of hydrogen-bond acceptors (Lipinski definition) is 4. The second-order valence-electron chi connectivity index (χ2n) is 7.64. The van der Waals surface area contributed by atoms with E-state index in [-0.39, 0.29) is 0 Å². The van der Waals surface area contributed by atoms with E-state index in [4.69, 9.17) is 0 Å². The lowest BCUT2D eigenvalue weighted by molar-refractivity contribution is 0.116. The highest BCUT2D eigenvalue weighted by molar-refractivity contribution is 5.80. The standard InChI is InChI=1S/C20H34N6/c1-17-6-5-7-18(14-17)25-10-12-26(13-11-25)20(21-2)22-15-19-16-23(3)8-9-24(19)4/h5-7,14,19H,8-13,15-16H2,1-4H3,(H,21,22). The molecule has 6 heteroatoms. The summed E-state index contributed by atoms with van der Waals surface area (Å²) in [5.74, 6) is 1.04. The zero-order chi connectivity index (χ0) is 18.5. The van der Waals surface area contributed by atoms with Crippen LogP contribution in [0.2, 0.25) is 0 Å². The van der Waals surface area contributed by atoms with Crippen LogP contribution in [0.1, 0.15) is 5.56 Å². The zero-order valence-corrected chi connectivity index (χ0v) is 16.8. The van der Waals surface area contributed by atoms with E-state index in [0.717, 1.165) is 58.3 Å². The molecule has 2 aliphatic rings. The fraction of sp³-hybridized carbons (Fsp3) is 0.650. The summed E-state index contributed by atoms with van der Waals surface area (Å²) in [6.07, 6.45) is 0. The van der Waals surface area contributed by atoms with Gasteiger partial charge in [-0.2, -0.15) is 0 Å². The van der Waals surface area contributed by atoms with Gasteiger partial charge in [0.1, 0.15) is 0 Å². The molecule has 144 valence electrons. The summed E-state index contributed by atoms with van der Waals surface area (Å²) in [5.41, 5.74) is 2.66. The normalized spacial score (nSPS) is 23.4. The van der Waals surface area contributed by atoms with Gasteiger partial charge in [-0.25, -0.2) is 0 Å². The number of anilines is 1. The van der Waals surface area contributed by atoms with Gasteiger partial charge in [0.2, 0.25) is 0 Å². The van der Waals surface area contributed by atoms with Crippen LogP contribution in [0.25, 0.3) is 0 Å². The van der Waals surface area contributed by atoms with Crippen LogP contribution in [0.4, 0.5) is 5.69 Å². The first-order chi connectivity index (χ1) is 12.6. The maximum absolute atomic E-state index is 4.53. The molecule has 1 unspecified atom stereocenters. The van der Waals surface area contributed by atoms with Gasteiger partial charge >= 0.3 is 0 Å². The molecule has 1 N–H and O–H groups in total. The minimum Gasteiger partial charge on any atom is -0.368 e. The van der Waals surface area contributed by atoms with Gasteiger partial charge in [-0.05, 0) is 38.7 Å². The average molecular weight is 359 g/mol. The minimum atomic E-state index is 0.541. The lowest BCUT2D eigenvalue weighted by atomic mass is 10.2. The molecule has 0 amide bonds. The number of rotatable bonds is 3. The Morgan fingerprint density at radius 1 is 1.12 bits per heavy atom. The van der Waals surface area contributed by atoms with E-state index in [1.54, 1.807) is 0 Å². The topological polar surface area (TPSA) is 37.4 Å². The number of nitrogens with one attached hydrogen (secondary N) is 1. The van der Waals surface area contributed by atoms with Crippen molar-refractivity contribution in [2.24, 2.45) is 4.99 Å². The van der Waals surface area contributed by atoms with E-state index in [2.05, 4.69) is 75.2 Å². The number of nitrogens with zero attached hydrogens (tertiary/aromatic N) is 5. The Morgan fingerprint density at radius 3 is 2.58 bits per heavy atom. The first-order valence-electron chi connectivity index (χ1n) is 9.73. The SMILES string of the molecule is CN=C(NCC1CN(C)CCN1C)N1CCN(c2cccc(C)c2)CC1. The Bertz CT molecular complexity index is 608. The molecule has 1 aromatic carbocycles. The summed E-state index contributed by atoms with van der Waals surface area (Å²) < 4.78 is 0. The third-order valence-corrected chi connectivity index (χ3v) is 5.63. The summed E-state index contributed by atoms with van der Waals surface area (Å²) in [5, 5.41) is 3.61. The molecular weight excluding hydrogens is 324 g/mol. The van der Waals surface area contributed by atoms with Gasteiger partial charge in [0.05, 0.1) is 0 Å². The average Bonchev–Trinajstić information content (AvgIpc) is 2.65. The lowest BCUT2D eigenvalue weighted by Gasteiger charge is -2.40. The highest BCUT2D eigenvalue weighted by Gasteiger charge is 2.24. The van der Waals surface area contributed by atoms with Crippen molar-refractivity contribution in [3.05, 3.63) is 29.8 Å². The Morgan fingerprint density at radius 2 is 1.88 bits per heavy atom. The zero-order valence-electron chi connectivity index (χ0n) is 16.8.